The predicted octanol–water partition coefficient (Wildman–Crippen LogP) is 4.18. The van der Waals surface area contributed by atoms with Gasteiger partial charge in [0.2, 0.25) is 0 Å². The van der Waals surface area contributed by atoms with E-state index < -0.39 is 4.92 Å². The number of aryl methyl sites for hydroxylation is 1. The standard InChI is InChI=1S/C19H20N4O3S2/c1-13-4-7-15-16(12-13)28-19(20-15)22(11-10-21(2)3)17(24)8-5-14-6-9-18(27-14)23(25)26/h4-9,12H,10-11H2,1-3H3. The highest BCUT2D eigenvalue weighted by Crippen LogP contribution is 2.30. The molecule has 28 heavy (non-hydrogen) atoms. The van der Waals surface area contributed by atoms with Crippen molar-refractivity contribution in [3.8, 4) is 0 Å². The summed E-state index contributed by atoms with van der Waals surface area (Å²) in [6.07, 6.45) is 3.06. The first kappa shape index (κ1) is 20.1. The zero-order valence-electron chi connectivity index (χ0n) is 15.8. The summed E-state index contributed by atoms with van der Waals surface area (Å²) in [5.41, 5.74) is 2.01. The largest absolute Gasteiger partial charge is 0.324 e. The van der Waals surface area contributed by atoms with Crippen molar-refractivity contribution in [3.63, 3.8) is 0 Å². The first-order valence-corrected chi connectivity index (χ1v) is 10.2. The number of benzene rings is 1. The highest BCUT2D eigenvalue weighted by atomic mass is 32.1. The van der Waals surface area contributed by atoms with E-state index in [1.807, 2.05) is 38.1 Å². The molecule has 2 aromatic heterocycles. The Balaban J connectivity index is 1.85. The Morgan fingerprint density at radius 3 is 2.68 bits per heavy atom. The summed E-state index contributed by atoms with van der Waals surface area (Å²) in [6.45, 7) is 3.22. The SMILES string of the molecule is Cc1ccc2nc(N(CCN(C)C)C(=O)C=Cc3ccc([N+](=O)[O-])s3)sc2c1. The molecule has 0 bridgehead atoms. The Kier molecular flexibility index (Phi) is 6.18. The van der Waals surface area contributed by atoms with Gasteiger partial charge < -0.3 is 4.90 Å². The van der Waals surface area contributed by atoms with E-state index in [9.17, 15) is 14.9 Å². The smallest absolute Gasteiger partial charge is 0.308 e. The van der Waals surface area contributed by atoms with Crippen LogP contribution in [0.1, 0.15) is 10.4 Å². The first-order valence-electron chi connectivity index (χ1n) is 8.59. The lowest BCUT2D eigenvalue weighted by molar-refractivity contribution is -0.380. The van der Waals surface area contributed by atoms with E-state index >= 15 is 0 Å². The van der Waals surface area contributed by atoms with Crippen molar-refractivity contribution in [2.75, 3.05) is 32.1 Å². The Labute approximate surface area is 170 Å². The van der Waals surface area contributed by atoms with Crippen LogP contribution in [0.3, 0.4) is 0 Å². The van der Waals surface area contributed by atoms with Gasteiger partial charge in [0.15, 0.2) is 5.13 Å². The topological polar surface area (TPSA) is 79.6 Å². The Bertz CT molecular complexity index is 1040. The summed E-state index contributed by atoms with van der Waals surface area (Å²) in [7, 11) is 3.90. The summed E-state index contributed by atoms with van der Waals surface area (Å²) in [4.78, 5) is 32.2. The lowest BCUT2D eigenvalue weighted by Gasteiger charge is -2.20. The summed E-state index contributed by atoms with van der Waals surface area (Å²) in [6, 6.07) is 9.10. The summed E-state index contributed by atoms with van der Waals surface area (Å²) < 4.78 is 1.04. The van der Waals surface area contributed by atoms with E-state index in [2.05, 4.69) is 11.1 Å². The molecule has 3 rings (SSSR count). The highest BCUT2D eigenvalue weighted by Gasteiger charge is 2.18. The number of amides is 1. The van der Waals surface area contributed by atoms with Gasteiger partial charge in [0.1, 0.15) is 0 Å². The number of likely N-dealkylation sites (N-methyl/N-ethyl adjacent to an activating group) is 1. The van der Waals surface area contributed by atoms with Gasteiger partial charge in [-0.1, -0.05) is 28.7 Å². The second-order valence-corrected chi connectivity index (χ2v) is 8.63. The van der Waals surface area contributed by atoms with Crippen LogP contribution in [-0.4, -0.2) is 47.9 Å². The number of fused-ring (bicyclic) bond motifs is 1. The minimum atomic E-state index is -0.434. The van der Waals surface area contributed by atoms with Crippen molar-refractivity contribution in [3.05, 3.63) is 57.0 Å². The number of nitrogens with zero attached hydrogens (tertiary/aromatic N) is 4. The normalized spacial score (nSPS) is 11.6. The van der Waals surface area contributed by atoms with Gasteiger partial charge in [0.25, 0.3) is 5.91 Å². The minimum absolute atomic E-state index is 0.0538. The molecule has 1 amide bonds. The molecule has 9 heteroatoms. The molecule has 146 valence electrons. The third kappa shape index (κ3) is 4.80. The highest BCUT2D eigenvalue weighted by molar-refractivity contribution is 7.22. The van der Waals surface area contributed by atoms with E-state index in [4.69, 9.17) is 0 Å². The van der Waals surface area contributed by atoms with Crippen molar-refractivity contribution in [1.29, 1.82) is 0 Å². The number of nitro groups is 1. The Morgan fingerprint density at radius 2 is 2.00 bits per heavy atom. The molecule has 0 radical (unpaired) electrons. The minimum Gasteiger partial charge on any atom is -0.308 e. The van der Waals surface area contributed by atoms with Crippen LogP contribution in [0.4, 0.5) is 10.1 Å². The van der Waals surface area contributed by atoms with Gasteiger partial charge in [-0.15, -0.1) is 0 Å². The van der Waals surface area contributed by atoms with E-state index in [0.717, 1.165) is 27.1 Å². The molecule has 0 aliphatic rings. The molecule has 2 heterocycles. The molecule has 0 saturated carbocycles. The molecule has 3 aromatic rings. The monoisotopic (exact) mass is 416 g/mol. The lowest BCUT2D eigenvalue weighted by atomic mass is 10.2. The second-order valence-electron chi connectivity index (χ2n) is 6.53. The maximum absolute atomic E-state index is 12.9. The number of anilines is 1. The number of aromatic nitrogens is 1. The zero-order chi connectivity index (χ0) is 20.3. The number of thiazole rings is 1. The van der Waals surface area contributed by atoms with Crippen LogP contribution in [0, 0.1) is 17.0 Å². The number of carbonyl (C=O) groups is 1. The van der Waals surface area contributed by atoms with Crippen LogP contribution in [0.25, 0.3) is 16.3 Å². The molecule has 0 atom stereocenters. The maximum atomic E-state index is 12.9. The van der Waals surface area contributed by atoms with E-state index in [1.54, 1.807) is 17.0 Å². The van der Waals surface area contributed by atoms with E-state index in [-0.39, 0.29) is 10.9 Å². The van der Waals surface area contributed by atoms with Crippen molar-refractivity contribution in [2.24, 2.45) is 0 Å². The Hall–Kier alpha value is -2.62. The van der Waals surface area contributed by atoms with Gasteiger partial charge in [-0.2, -0.15) is 0 Å². The van der Waals surface area contributed by atoms with Crippen LogP contribution in [0.2, 0.25) is 0 Å². The average Bonchev–Trinajstić information content (AvgIpc) is 3.26. The van der Waals surface area contributed by atoms with Crippen molar-refractivity contribution in [1.82, 2.24) is 9.88 Å². The van der Waals surface area contributed by atoms with Gasteiger partial charge in [-0.05, 0) is 50.9 Å². The number of hydrogen-bond donors (Lipinski definition) is 0. The molecular formula is C19H20N4O3S2. The van der Waals surface area contributed by atoms with Gasteiger partial charge in [0.05, 0.1) is 15.1 Å². The van der Waals surface area contributed by atoms with Gasteiger partial charge in [-0.25, -0.2) is 4.98 Å². The van der Waals surface area contributed by atoms with Crippen molar-refractivity contribution < 1.29 is 9.72 Å². The first-order chi connectivity index (χ1) is 13.3. The maximum Gasteiger partial charge on any atom is 0.324 e. The fourth-order valence-electron chi connectivity index (χ4n) is 2.51. The van der Waals surface area contributed by atoms with Gasteiger partial charge >= 0.3 is 5.00 Å². The predicted molar refractivity (Wildman–Crippen MR) is 115 cm³/mol. The molecule has 1 aromatic carbocycles. The molecule has 0 aliphatic heterocycles. The van der Waals surface area contributed by atoms with Crippen LogP contribution >= 0.6 is 22.7 Å². The molecule has 0 aliphatic carbocycles. The summed E-state index contributed by atoms with van der Waals surface area (Å²) >= 11 is 2.52. The molecule has 0 unspecified atom stereocenters. The summed E-state index contributed by atoms with van der Waals surface area (Å²) in [5.74, 6) is -0.200. The zero-order valence-corrected chi connectivity index (χ0v) is 17.4. The molecule has 0 saturated heterocycles. The molecule has 0 N–H and O–H groups in total. The summed E-state index contributed by atoms with van der Waals surface area (Å²) in [5, 5.41) is 11.5. The number of carbonyl (C=O) groups excluding carboxylic acids is 1. The third-order valence-corrected chi connectivity index (χ3v) is 6.03. The van der Waals surface area contributed by atoms with Crippen molar-refractivity contribution >= 4 is 55.0 Å². The van der Waals surface area contributed by atoms with E-state index in [0.29, 0.717) is 23.1 Å². The third-order valence-electron chi connectivity index (χ3n) is 3.98. The van der Waals surface area contributed by atoms with Gasteiger partial charge in [-0.3, -0.25) is 19.8 Å². The average molecular weight is 417 g/mol. The second kappa shape index (κ2) is 8.59. The lowest BCUT2D eigenvalue weighted by Crippen LogP contribution is -2.35. The van der Waals surface area contributed by atoms with Crippen LogP contribution in [0.15, 0.2) is 36.4 Å². The van der Waals surface area contributed by atoms with Crippen LogP contribution < -0.4 is 4.90 Å². The molecule has 7 nitrogen and oxygen atoms in total. The fraction of sp³-hybridized carbons (Fsp3) is 0.263. The number of rotatable bonds is 7. The van der Waals surface area contributed by atoms with Crippen molar-refractivity contribution in [2.45, 2.75) is 6.92 Å². The van der Waals surface area contributed by atoms with Crippen LogP contribution in [0.5, 0.6) is 0 Å². The quantitative estimate of drug-likeness (QED) is 0.328. The molecular weight excluding hydrogens is 396 g/mol. The fourth-order valence-corrected chi connectivity index (χ4v) is 4.33. The van der Waals surface area contributed by atoms with Gasteiger partial charge in [0, 0.05) is 30.1 Å². The molecule has 0 fully saturated rings. The number of thiophene rings is 1. The molecule has 0 spiro atoms. The van der Waals surface area contributed by atoms with Crippen LogP contribution in [-0.2, 0) is 4.79 Å². The number of hydrogen-bond acceptors (Lipinski definition) is 7. The Morgan fingerprint density at radius 1 is 1.21 bits per heavy atom. The van der Waals surface area contributed by atoms with E-state index in [1.165, 1.54) is 23.5 Å².